The van der Waals surface area contributed by atoms with Crippen LogP contribution in [0, 0.1) is 6.92 Å². The van der Waals surface area contributed by atoms with Gasteiger partial charge in [-0.2, -0.15) is 0 Å². The third kappa shape index (κ3) is 2.74. The fourth-order valence-corrected chi connectivity index (χ4v) is 1.01. The van der Waals surface area contributed by atoms with Crippen LogP contribution in [0.3, 0.4) is 0 Å². The average molecular weight is 152 g/mol. The predicted octanol–water partition coefficient (Wildman–Crippen LogP) is 2.59. The summed E-state index contributed by atoms with van der Waals surface area (Å²) >= 11 is 0. The van der Waals surface area contributed by atoms with Crippen LogP contribution in [0.4, 0.5) is 0 Å². The molecule has 0 bridgehead atoms. The minimum Gasteiger partial charge on any atom is -0.446 e. The summed E-state index contributed by atoms with van der Waals surface area (Å²) in [7, 11) is 0. The van der Waals surface area contributed by atoms with E-state index in [-0.39, 0.29) is 0 Å². The van der Waals surface area contributed by atoms with Crippen molar-refractivity contribution < 1.29 is 4.42 Å². The van der Waals surface area contributed by atoms with E-state index in [2.05, 4.69) is 18.8 Å². The lowest BCUT2D eigenvalue weighted by Crippen LogP contribution is -1.80. The Kier molecular flexibility index (Phi) is 3.14. The van der Waals surface area contributed by atoms with Gasteiger partial charge in [-0.15, -0.1) is 0 Å². The average Bonchev–Trinajstić information content (AvgIpc) is 2.37. The summed E-state index contributed by atoms with van der Waals surface area (Å²) in [4.78, 5) is 3.92. The second-order valence-corrected chi connectivity index (χ2v) is 2.68. The first-order chi connectivity index (χ1) is 5.33. The van der Waals surface area contributed by atoms with Crippen molar-refractivity contribution in [2.24, 2.45) is 0 Å². The van der Waals surface area contributed by atoms with Crippen molar-refractivity contribution in [2.75, 3.05) is 0 Å². The molecule has 1 aromatic heterocycles. The topological polar surface area (TPSA) is 26.0 Å². The van der Waals surface area contributed by atoms with E-state index < -0.39 is 0 Å². The summed E-state index contributed by atoms with van der Waals surface area (Å²) in [5.41, 5.74) is 0. The molecular weight excluding hydrogens is 138 g/mol. The monoisotopic (exact) mass is 152 g/mol. The molecule has 61 valence electrons. The summed E-state index contributed by atoms with van der Waals surface area (Å²) in [5.74, 6) is 1.49. The molecule has 1 rings (SSSR count). The molecule has 0 amide bonds. The van der Waals surface area contributed by atoms with Gasteiger partial charge in [0.2, 0.25) is 0 Å². The van der Waals surface area contributed by atoms with E-state index >= 15 is 0 Å². The lowest BCUT2D eigenvalue weighted by Gasteiger charge is -1.92. The molecule has 0 aliphatic carbocycles. The van der Waals surface area contributed by atoms with Gasteiger partial charge in [-0.1, -0.05) is 19.8 Å². The Labute approximate surface area is 67.6 Å². The third-order valence-electron chi connectivity index (χ3n) is 1.63. The molecule has 0 N–H and O–H groups in total. The standard InChI is InChI=1S/C9H14NO/c1-3-4-5-6-9-7-10-8(2)11-9/h7H,2-6H2,1H3. The first kappa shape index (κ1) is 8.31. The molecule has 0 aromatic carbocycles. The quantitative estimate of drug-likeness (QED) is 0.620. The number of aryl methyl sites for hydroxylation is 1. The van der Waals surface area contributed by atoms with Gasteiger partial charge >= 0.3 is 0 Å². The molecule has 0 saturated carbocycles. The van der Waals surface area contributed by atoms with Crippen molar-refractivity contribution in [3.63, 3.8) is 0 Å². The number of hydrogen-bond donors (Lipinski definition) is 0. The van der Waals surface area contributed by atoms with Gasteiger partial charge in [-0.3, -0.25) is 0 Å². The van der Waals surface area contributed by atoms with Crippen LogP contribution in [0.5, 0.6) is 0 Å². The smallest absolute Gasteiger partial charge is 0.194 e. The maximum atomic E-state index is 5.21. The summed E-state index contributed by atoms with van der Waals surface area (Å²) < 4.78 is 5.21. The van der Waals surface area contributed by atoms with E-state index in [1.165, 1.54) is 19.3 Å². The molecule has 0 aliphatic rings. The molecule has 0 fully saturated rings. The predicted molar refractivity (Wildman–Crippen MR) is 44.2 cm³/mol. The van der Waals surface area contributed by atoms with E-state index in [0.29, 0.717) is 5.89 Å². The van der Waals surface area contributed by atoms with Gasteiger partial charge in [0.15, 0.2) is 5.89 Å². The number of aromatic nitrogens is 1. The van der Waals surface area contributed by atoms with Gasteiger partial charge in [0, 0.05) is 13.3 Å². The summed E-state index contributed by atoms with van der Waals surface area (Å²) in [6, 6.07) is 0. The molecule has 2 nitrogen and oxygen atoms in total. The highest BCUT2D eigenvalue weighted by molar-refractivity contribution is 4.95. The molecule has 0 atom stereocenters. The van der Waals surface area contributed by atoms with E-state index in [1.807, 2.05) is 0 Å². The molecule has 0 unspecified atom stereocenters. The minimum atomic E-state index is 0.525. The second kappa shape index (κ2) is 4.16. The molecule has 1 radical (unpaired) electrons. The molecule has 0 spiro atoms. The first-order valence-electron chi connectivity index (χ1n) is 4.09. The highest BCUT2D eigenvalue weighted by atomic mass is 16.3. The Balaban J connectivity index is 2.27. The number of hydrogen-bond acceptors (Lipinski definition) is 2. The highest BCUT2D eigenvalue weighted by Crippen LogP contribution is 2.07. The lowest BCUT2D eigenvalue weighted by molar-refractivity contribution is 0.477. The molecule has 0 saturated heterocycles. The molecule has 11 heavy (non-hydrogen) atoms. The van der Waals surface area contributed by atoms with Gasteiger partial charge in [0.1, 0.15) is 5.76 Å². The first-order valence-corrected chi connectivity index (χ1v) is 4.09. The zero-order chi connectivity index (χ0) is 8.10. The highest BCUT2D eigenvalue weighted by Gasteiger charge is 1.97. The van der Waals surface area contributed by atoms with Crippen molar-refractivity contribution in [1.29, 1.82) is 0 Å². The van der Waals surface area contributed by atoms with Gasteiger partial charge in [-0.25, -0.2) is 4.98 Å². The second-order valence-electron chi connectivity index (χ2n) is 2.68. The zero-order valence-electron chi connectivity index (χ0n) is 6.97. The van der Waals surface area contributed by atoms with E-state index in [1.54, 1.807) is 6.20 Å². The van der Waals surface area contributed by atoms with Gasteiger partial charge < -0.3 is 4.42 Å². The minimum absolute atomic E-state index is 0.525. The van der Waals surface area contributed by atoms with Crippen LogP contribution in [0.2, 0.25) is 0 Å². The van der Waals surface area contributed by atoms with Crippen LogP contribution in [0.1, 0.15) is 37.8 Å². The number of unbranched alkanes of at least 4 members (excludes halogenated alkanes) is 2. The molecule has 0 aliphatic heterocycles. The number of rotatable bonds is 4. The van der Waals surface area contributed by atoms with Crippen LogP contribution < -0.4 is 0 Å². The van der Waals surface area contributed by atoms with Crippen molar-refractivity contribution in [1.82, 2.24) is 4.98 Å². The lowest BCUT2D eigenvalue weighted by atomic mass is 10.2. The largest absolute Gasteiger partial charge is 0.446 e. The maximum Gasteiger partial charge on any atom is 0.194 e. The third-order valence-corrected chi connectivity index (χ3v) is 1.63. The molecule has 1 heterocycles. The fourth-order valence-electron chi connectivity index (χ4n) is 1.01. The summed E-state index contributed by atoms with van der Waals surface area (Å²) in [5, 5.41) is 0. The van der Waals surface area contributed by atoms with E-state index in [0.717, 1.165) is 12.2 Å². The van der Waals surface area contributed by atoms with Crippen LogP contribution in [0.15, 0.2) is 10.6 Å². The Hall–Kier alpha value is -0.790. The number of oxazole rings is 1. The van der Waals surface area contributed by atoms with E-state index in [4.69, 9.17) is 4.42 Å². The van der Waals surface area contributed by atoms with Gasteiger partial charge in [0.05, 0.1) is 6.20 Å². The van der Waals surface area contributed by atoms with Crippen molar-refractivity contribution >= 4 is 0 Å². The van der Waals surface area contributed by atoms with Gasteiger partial charge in [0.25, 0.3) is 0 Å². The zero-order valence-corrected chi connectivity index (χ0v) is 6.97. The van der Waals surface area contributed by atoms with Gasteiger partial charge in [-0.05, 0) is 6.42 Å². The Morgan fingerprint density at radius 2 is 2.36 bits per heavy atom. The SMILES string of the molecule is [CH2]c1ncc(CCCCC)o1. The molecular formula is C9H14NO. The Bertz CT molecular complexity index is 205. The maximum absolute atomic E-state index is 5.21. The molecule has 2 heteroatoms. The van der Waals surface area contributed by atoms with Crippen LogP contribution >= 0.6 is 0 Å². The fraction of sp³-hybridized carbons (Fsp3) is 0.556. The van der Waals surface area contributed by atoms with Crippen LogP contribution in [-0.2, 0) is 6.42 Å². The Morgan fingerprint density at radius 3 is 2.91 bits per heavy atom. The summed E-state index contributed by atoms with van der Waals surface area (Å²) in [6.07, 6.45) is 6.44. The van der Waals surface area contributed by atoms with E-state index in [9.17, 15) is 0 Å². The van der Waals surface area contributed by atoms with Crippen molar-refractivity contribution in [3.8, 4) is 0 Å². The van der Waals surface area contributed by atoms with Crippen molar-refractivity contribution in [2.45, 2.75) is 32.6 Å². The van der Waals surface area contributed by atoms with Crippen LogP contribution in [0.25, 0.3) is 0 Å². The van der Waals surface area contributed by atoms with Crippen molar-refractivity contribution in [3.05, 3.63) is 24.8 Å². The van der Waals surface area contributed by atoms with Crippen LogP contribution in [-0.4, -0.2) is 4.98 Å². The molecule has 1 aromatic rings. The number of nitrogens with zero attached hydrogens (tertiary/aromatic N) is 1. The normalized spacial score (nSPS) is 10.4. The Morgan fingerprint density at radius 1 is 1.55 bits per heavy atom. The summed E-state index contributed by atoms with van der Waals surface area (Å²) in [6.45, 7) is 5.78.